The van der Waals surface area contributed by atoms with Gasteiger partial charge in [-0.3, -0.25) is 0 Å². The molecule has 1 aromatic heterocycles. The molecule has 1 aromatic rings. The number of nitrogens with zero attached hydrogens (tertiary/aromatic N) is 2. The summed E-state index contributed by atoms with van der Waals surface area (Å²) in [5, 5.41) is 3.28. The molecule has 0 unspecified atom stereocenters. The molecule has 1 heterocycles. The lowest BCUT2D eigenvalue weighted by Gasteiger charge is -2.33. The molecule has 12 heavy (non-hydrogen) atoms. The summed E-state index contributed by atoms with van der Waals surface area (Å²) in [7, 11) is 0. The first kappa shape index (κ1) is 7.49. The minimum absolute atomic E-state index is 0.379. The van der Waals surface area contributed by atoms with Crippen LogP contribution >= 0.6 is 0 Å². The summed E-state index contributed by atoms with van der Waals surface area (Å²) in [4.78, 5) is 7.90. The zero-order valence-corrected chi connectivity index (χ0v) is 6.77. The molecule has 0 bridgehead atoms. The second kappa shape index (κ2) is 3.06. The van der Waals surface area contributed by atoms with Gasteiger partial charge in [0.1, 0.15) is 12.1 Å². The Morgan fingerprint density at radius 3 is 2.92 bits per heavy atom. The molecule has 0 aliphatic heterocycles. The van der Waals surface area contributed by atoms with E-state index in [-0.39, 0.29) is 0 Å². The fourth-order valence-corrected chi connectivity index (χ4v) is 1.36. The average Bonchev–Trinajstić information content (AvgIpc) is 2.04. The SMILES string of the molecule is NC1CC(Nc2ccncn2)C1. The van der Waals surface area contributed by atoms with Gasteiger partial charge in [-0.05, 0) is 18.9 Å². The van der Waals surface area contributed by atoms with E-state index in [0.717, 1.165) is 18.7 Å². The Balaban J connectivity index is 1.88. The molecule has 1 aliphatic carbocycles. The normalized spacial score (nSPS) is 27.8. The number of hydrogen-bond acceptors (Lipinski definition) is 4. The summed E-state index contributed by atoms with van der Waals surface area (Å²) < 4.78 is 0. The van der Waals surface area contributed by atoms with E-state index < -0.39 is 0 Å². The number of hydrogen-bond donors (Lipinski definition) is 2. The highest BCUT2D eigenvalue weighted by molar-refractivity contribution is 5.34. The van der Waals surface area contributed by atoms with E-state index in [1.54, 1.807) is 12.5 Å². The molecule has 0 amide bonds. The van der Waals surface area contributed by atoms with Gasteiger partial charge in [0.05, 0.1) is 0 Å². The fraction of sp³-hybridized carbons (Fsp3) is 0.500. The maximum Gasteiger partial charge on any atom is 0.129 e. The second-order valence-electron chi connectivity index (χ2n) is 3.17. The zero-order chi connectivity index (χ0) is 8.39. The molecule has 1 saturated carbocycles. The van der Waals surface area contributed by atoms with Crippen LogP contribution in [0, 0.1) is 0 Å². The molecule has 3 N–H and O–H groups in total. The smallest absolute Gasteiger partial charge is 0.129 e. The minimum atomic E-state index is 0.379. The predicted molar refractivity (Wildman–Crippen MR) is 46.7 cm³/mol. The molecular weight excluding hydrogens is 152 g/mol. The molecule has 0 saturated heterocycles. The van der Waals surface area contributed by atoms with Gasteiger partial charge in [-0.15, -0.1) is 0 Å². The van der Waals surface area contributed by atoms with Crippen molar-refractivity contribution >= 4 is 5.82 Å². The van der Waals surface area contributed by atoms with E-state index >= 15 is 0 Å². The van der Waals surface area contributed by atoms with Crippen molar-refractivity contribution < 1.29 is 0 Å². The van der Waals surface area contributed by atoms with Crippen molar-refractivity contribution in [1.82, 2.24) is 9.97 Å². The van der Waals surface area contributed by atoms with Gasteiger partial charge in [0.25, 0.3) is 0 Å². The van der Waals surface area contributed by atoms with Gasteiger partial charge in [-0.25, -0.2) is 9.97 Å². The maximum atomic E-state index is 5.65. The van der Waals surface area contributed by atoms with Gasteiger partial charge in [-0.2, -0.15) is 0 Å². The highest BCUT2D eigenvalue weighted by atomic mass is 15.0. The molecule has 0 spiro atoms. The maximum absolute atomic E-state index is 5.65. The van der Waals surface area contributed by atoms with Gasteiger partial charge in [0.15, 0.2) is 0 Å². The Labute approximate surface area is 71.2 Å². The van der Waals surface area contributed by atoms with E-state index in [2.05, 4.69) is 15.3 Å². The quantitative estimate of drug-likeness (QED) is 0.663. The van der Waals surface area contributed by atoms with Crippen LogP contribution in [0.1, 0.15) is 12.8 Å². The highest BCUT2D eigenvalue weighted by Gasteiger charge is 2.25. The summed E-state index contributed by atoms with van der Waals surface area (Å²) in [6.07, 6.45) is 5.36. The van der Waals surface area contributed by atoms with Crippen LogP contribution in [-0.2, 0) is 0 Å². The van der Waals surface area contributed by atoms with Crippen molar-refractivity contribution in [3.8, 4) is 0 Å². The Morgan fingerprint density at radius 1 is 1.50 bits per heavy atom. The van der Waals surface area contributed by atoms with Crippen LogP contribution in [0.25, 0.3) is 0 Å². The number of nitrogens with two attached hydrogens (primary N) is 1. The van der Waals surface area contributed by atoms with Crippen LogP contribution in [-0.4, -0.2) is 22.1 Å². The first-order valence-electron chi connectivity index (χ1n) is 4.13. The third kappa shape index (κ3) is 1.53. The van der Waals surface area contributed by atoms with Gasteiger partial charge in [-0.1, -0.05) is 0 Å². The number of aromatic nitrogens is 2. The molecular formula is C8H12N4. The third-order valence-corrected chi connectivity index (χ3v) is 2.11. The Hall–Kier alpha value is -1.16. The summed E-state index contributed by atoms with van der Waals surface area (Å²) >= 11 is 0. The summed E-state index contributed by atoms with van der Waals surface area (Å²) in [6.45, 7) is 0. The third-order valence-electron chi connectivity index (χ3n) is 2.11. The lowest BCUT2D eigenvalue weighted by molar-refractivity contribution is 0.373. The topological polar surface area (TPSA) is 63.8 Å². The van der Waals surface area contributed by atoms with Crippen LogP contribution in [0.3, 0.4) is 0 Å². The van der Waals surface area contributed by atoms with Gasteiger partial charge in [0, 0.05) is 18.3 Å². The standard InChI is InChI=1S/C8H12N4/c9-6-3-7(4-6)12-8-1-2-10-5-11-8/h1-2,5-7H,3-4,9H2,(H,10,11,12). The largest absolute Gasteiger partial charge is 0.367 e. The molecule has 4 nitrogen and oxygen atoms in total. The summed E-state index contributed by atoms with van der Waals surface area (Å²) in [5.41, 5.74) is 5.65. The Kier molecular flexibility index (Phi) is 1.91. The number of anilines is 1. The van der Waals surface area contributed by atoms with Crippen molar-refractivity contribution in [1.29, 1.82) is 0 Å². The molecule has 64 valence electrons. The van der Waals surface area contributed by atoms with Gasteiger partial charge in [0.2, 0.25) is 0 Å². The first-order valence-corrected chi connectivity index (χ1v) is 4.13. The van der Waals surface area contributed by atoms with Crippen molar-refractivity contribution in [2.24, 2.45) is 5.73 Å². The van der Waals surface area contributed by atoms with Crippen molar-refractivity contribution in [2.75, 3.05) is 5.32 Å². The van der Waals surface area contributed by atoms with E-state index in [1.807, 2.05) is 6.07 Å². The highest BCUT2D eigenvalue weighted by Crippen LogP contribution is 2.20. The van der Waals surface area contributed by atoms with Crippen LogP contribution in [0.5, 0.6) is 0 Å². The molecule has 0 aromatic carbocycles. The molecule has 1 fully saturated rings. The van der Waals surface area contributed by atoms with E-state index in [9.17, 15) is 0 Å². The van der Waals surface area contributed by atoms with E-state index in [0.29, 0.717) is 12.1 Å². The molecule has 1 aliphatic rings. The zero-order valence-electron chi connectivity index (χ0n) is 6.77. The lowest BCUT2D eigenvalue weighted by atomic mass is 9.88. The van der Waals surface area contributed by atoms with Crippen LogP contribution in [0.2, 0.25) is 0 Å². The summed E-state index contributed by atoms with van der Waals surface area (Å²) in [5.74, 6) is 0.891. The predicted octanol–water partition coefficient (Wildman–Crippen LogP) is 0.378. The Morgan fingerprint density at radius 2 is 2.33 bits per heavy atom. The van der Waals surface area contributed by atoms with Crippen molar-refractivity contribution in [3.05, 3.63) is 18.6 Å². The number of nitrogens with one attached hydrogen (secondary N) is 1. The lowest BCUT2D eigenvalue weighted by Crippen LogP contribution is -2.44. The van der Waals surface area contributed by atoms with Gasteiger partial charge >= 0.3 is 0 Å². The van der Waals surface area contributed by atoms with Crippen molar-refractivity contribution in [3.63, 3.8) is 0 Å². The average molecular weight is 164 g/mol. The Bertz CT molecular complexity index is 242. The second-order valence-corrected chi connectivity index (χ2v) is 3.17. The van der Waals surface area contributed by atoms with E-state index in [4.69, 9.17) is 5.73 Å². The fourth-order valence-electron chi connectivity index (χ4n) is 1.36. The molecule has 0 radical (unpaired) electrons. The molecule has 4 heteroatoms. The number of rotatable bonds is 2. The van der Waals surface area contributed by atoms with Crippen LogP contribution in [0.4, 0.5) is 5.82 Å². The van der Waals surface area contributed by atoms with Gasteiger partial charge < -0.3 is 11.1 Å². The minimum Gasteiger partial charge on any atom is -0.367 e. The first-order chi connectivity index (χ1) is 5.84. The van der Waals surface area contributed by atoms with Crippen LogP contribution < -0.4 is 11.1 Å². The van der Waals surface area contributed by atoms with Crippen LogP contribution in [0.15, 0.2) is 18.6 Å². The monoisotopic (exact) mass is 164 g/mol. The van der Waals surface area contributed by atoms with Crippen molar-refractivity contribution in [2.45, 2.75) is 24.9 Å². The van der Waals surface area contributed by atoms with E-state index in [1.165, 1.54) is 0 Å². The molecule has 0 atom stereocenters. The molecule has 2 rings (SSSR count). The summed E-state index contributed by atoms with van der Waals surface area (Å²) in [6, 6.07) is 2.75.